The average Bonchev–Trinajstić information content (AvgIpc) is 2.54. The number of rotatable bonds is 7. The van der Waals surface area contributed by atoms with Gasteiger partial charge in [0.25, 0.3) is 0 Å². The standard InChI is InChI=1S/C18H24N2O/c1-3-5-6-14-7-9-15(10-8-14)21-16-11-12-18(20-13-16)17(19)4-2/h7-13,17H,3-6,19H2,1-2H3/t17-/m0/s1. The smallest absolute Gasteiger partial charge is 0.145 e. The Hall–Kier alpha value is -1.87. The van der Waals surface area contributed by atoms with Gasteiger partial charge in [0.15, 0.2) is 0 Å². The molecule has 0 aliphatic rings. The van der Waals surface area contributed by atoms with Gasteiger partial charge in [-0.05, 0) is 49.1 Å². The Morgan fingerprint density at radius 3 is 2.33 bits per heavy atom. The van der Waals surface area contributed by atoms with Crippen LogP contribution in [-0.4, -0.2) is 4.98 Å². The highest BCUT2D eigenvalue weighted by atomic mass is 16.5. The number of unbranched alkanes of at least 4 members (excludes halogenated alkanes) is 1. The molecular weight excluding hydrogens is 260 g/mol. The third kappa shape index (κ3) is 4.57. The normalized spacial score (nSPS) is 12.1. The van der Waals surface area contributed by atoms with Crippen molar-refractivity contribution in [1.29, 1.82) is 0 Å². The maximum atomic E-state index is 5.95. The predicted octanol–water partition coefficient (Wildman–Crippen LogP) is 4.63. The van der Waals surface area contributed by atoms with Crippen LogP contribution >= 0.6 is 0 Å². The van der Waals surface area contributed by atoms with Crippen molar-refractivity contribution in [2.75, 3.05) is 0 Å². The van der Waals surface area contributed by atoms with Crippen molar-refractivity contribution in [1.82, 2.24) is 4.98 Å². The lowest BCUT2D eigenvalue weighted by Crippen LogP contribution is -2.10. The molecule has 3 nitrogen and oxygen atoms in total. The van der Waals surface area contributed by atoms with Gasteiger partial charge in [-0.3, -0.25) is 4.98 Å². The van der Waals surface area contributed by atoms with Gasteiger partial charge in [-0.15, -0.1) is 0 Å². The van der Waals surface area contributed by atoms with E-state index < -0.39 is 0 Å². The van der Waals surface area contributed by atoms with Gasteiger partial charge in [-0.1, -0.05) is 32.4 Å². The van der Waals surface area contributed by atoms with E-state index in [0.717, 1.165) is 30.0 Å². The van der Waals surface area contributed by atoms with E-state index in [1.165, 1.54) is 18.4 Å². The summed E-state index contributed by atoms with van der Waals surface area (Å²) in [6.45, 7) is 4.26. The molecule has 0 aliphatic carbocycles. The molecule has 1 aromatic heterocycles. The summed E-state index contributed by atoms with van der Waals surface area (Å²) in [5, 5.41) is 0. The van der Waals surface area contributed by atoms with Gasteiger partial charge >= 0.3 is 0 Å². The van der Waals surface area contributed by atoms with Crippen LogP contribution in [0.3, 0.4) is 0 Å². The van der Waals surface area contributed by atoms with E-state index in [4.69, 9.17) is 10.5 Å². The number of aromatic nitrogens is 1. The molecule has 0 fully saturated rings. The summed E-state index contributed by atoms with van der Waals surface area (Å²) in [5.74, 6) is 1.58. The molecule has 0 saturated carbocycles. The molecule has 0 aliphatic heterocycles. The SMILES string of the molecule is CCCCc1ccc(Oc2ccc([C@@H](N)CC)nc2)cc1. The van der Waals surface area contributed by atoms with E-state index in [2.05, 4.69) is 31.0 Å². The Labute approximate surface area is 127 Å². The Morgan fingerprint density at radius 2 is 1.76 bits per heavy atom. The first-order chi connectivity index (χ1) is 10.2. The van der Waals surface area contributed by atoms with Crippen LogP contribution in [0.2, 0.25) is 0 Å². The lowest BCUT2D eigenvalue weighted by Gasteiger charge is -2.10. The summed E-state index contributed by atoms with van der Waals surface area (Å²) in [4.78, 5) is 4.35. The maximum absolute atomic E-state index is 5.95. The van der Waals surface area contributed by atoms with Gasteiger partial charge in [0.2, 0.25) is 0 Å². The van der Waals surface area contributed by atoms with Gasteiger partial charge in [-0.25, -0.2) is 0 Å². The number of ether oxygens (including phenoxy) is 1. The fraction of sp³-hybridized carbons (Fsp3) is 0.389. The largest absolute Gasteiger partial charge is 0.456 e. The van der Waals surface area contributed by atoms with Crippen LogP contribution in [0.1, 0.15) is 50.4 Å². The second-order valence-corrected chi connectivity index (χ2v) is 5.28. The molecule has 2 rings (SSSR count). The first-order valence-electron chi connectivity index (χ1n) is 7.71. The molecule has 1 aromatic carbocycles. The van der Waals surface area contributed by atoms with E-state index in [0.29, 0.717) is 0 Å². The van der Waals surface area contributed by atoms with E-state index in [1.54, 1.807) is 6.20 Å². The Balaban J connectivity index is 1.97. The van der Waals surface area contributed by atoms with Crippen molar-refractivity contribution in [3.8, 4) is 11.5 Å². The second-order valence-electron chi connectivity index (χ2n) is 5.28. The zero-order valence-corrected chi connectivity index (χ0v) is 12.9. The average molecular weight is 284 g/mol. The quantitative estimate of drug-likeness (QED) is 0.806. The first-order valence-corrected chi connectivity index (χ1v) is 7.71. The molecule has 2 aromatic rings. The fourth-order valence-electron chi connectivity index (χ4n) is 2.12. The highest BCUT2D eigenvalue weighted by molar-refractivity contribution is 5.32. The maximum Gasteiger partial charge on any atom is 0.145 e. The molecule has 0 amide bonds. The number of hydrogen-bond acceptors (Lipinski definition) is 3. The van der Waals surface area contributed by atoms with Crippen LogP contribution < -0.4 is 10.5 Å². The summed E-state index contributed by atoms with van der Waals surface area (Å²) >= 11 is 0. The number of nitrogens with two attached hydrogens (primary N) is 1. The number of aryl methyl sites for hydroxylation is 1. The minimum atomic E-state index is -0.00287. The van der Waals surface area contributed by atoms with E-state index >= 15 is 0 Å². The van der Waals surface area contributed by atoms with Crippen molar-refractivity contribution < 1.29 is 4.74 Å². The van der Waals surface area contributed by atoms with Gasteiger partial charge < -0.3 is 10.5 Å². The minimum absolute atomic E-state index is 0.00287. The summed E-state index contributed by atoms with van der Waals surface area (Å²) in [6, 6.07) is 12.1. The Bertz CT molecular complexity index is 534. The number of benzene rings is 1. The van der Waals surface area contributed by atoms with E-state index in [-0.39, 0.29) is 6.04 Å². The lowest BCUT2D eigenvalue weighted by atomic mass is 10.1. The molecule has 0 spiro atoms. The molecule has 0 bridgehead atoms. The lowest BCUT2D eigenvalue weighted by molar-refractivity contribution is 0.478. The van der Waals surface area contributed by atoms with Gasteiger partial charge in [0, 0.05) is 6.04 Å². The minimum Gasteiger partial charge on any atom is -0.456 e. The third-order valence-electron chi connectivity index (χ3n) is 3.56. The van der Waals surface area contributed by atoms with Gasteiger partial charge in [0.1, 0.15) is 11.5 Å². The zero-order chi connectivity index (χ0) is 15.1. The van der Waals surface area contributed by atoms with Crippen LogP contribution in [0.15, 0.2) is 42.6 Å². The van der Waals surface area contributed by atoms with E-state index in [1.807, 2.05) is 24.3 Å². The molecule has 0 saturated heterocycles. The molecule has 21 heavy (non-hydrogen) atoms. The van der Waals surface area contributed by atoms with Crippen molar-refractivity contribution >= 4 is 0 Å². The molecule has 1 atom stereocenters. The Morgan fingerprint density at radius 1 is 1.05 bits per heavy atom. The summed E-state index contributed by atoms with van der Waals surface area (Å²) in [7, 11) is 0. The van der Waals surface area contributed by atoms with Crippen LogP contribution in [0, 0.1) is 0 Å². The van der Waals surface area contributed by atoms with Gasteiger partial charge in [0.05, 0.1) is 11.9 Å². The topological polar surface area (TPSA) is 48.1 Å². The van der Waals surface area contributed by atoms with E-state index in [9.17, 15) is 0 Å². The zero-order valence-electron chi connectivity index (χ0n) is 12.9. The highest BCUT2D eigenvalue weighted by Gasteiger charge is 2.05. The Kier molecular flexibility index (Phi) is 5.76. The van der Waals surface area contributed by atoms with Crippen molar-refractivity contribution in [3.63, 3.8) is 0 Å². The first kappa shape index (κ1) is 15.5. The van der Waals surface area contributed by atoms with Crippen LogP contribution in [0.25, 0.3) is 0 Å². The summed E-state index contributed by atoms with van der Waals surface area (Å²) < 4.78 is 5.80. The molecule has 1 heterocycles. The molecular formula is C18H24N2O. The van der Waals surface area contributed by atoms with Crippen LogP contribution in [-0.2, 0) is 6.42 Å². The van der Waals surface area contributed by atoms with Crippen LogP contribution in [0.5, 0.6) is 11.5 Å². The molecule has 0 unspecified atom stereocenters. The van der Waals surface area contributed by atoms with Crippen molar-refractivity contribution in [3.05, 3.63) is 53.9 Å². The fourth-order valence-corrected chi connectivity index (χ4v) is 2.12. The summed E-state index contributed by atoms with van der Waals surface area (Å²) in [6.07, 6.45) is 6.18. The second kappa shape index (κ2) is 7.79. The van der Waals surface area contributed by atoms with Crippen molar-refractivity contribution in [2.45, 2.75) is 45.6 Å². The molecule has 3 heteroatoms. The monoisotopic (exact) mass is 284 g/mol. The third-order valence-corrected chi connectivity index (χ3v) is 3.56. The number of pyridine rings is 1. The molecule has 0 radical (unpaired) electrons. The number of nitrogens with zero attached hydrogens (tertiary/aromatic N) is 1. The summed E-state index contributed by atoms with van der Waals surface area (Å²) in [5.41, 5.74) is 8.21. The van der Waals surface area contributed by atoms with Gasteiger partial charge in [-0.2, -0.15) is 0 Å². The van der Waals surface area contributed by atoms with Crippen LogP contribution in [0.4, 0.5) is 0 Å². The number of hydrogen-bond donors (Lipinski definition) is 1. The molecule has 2 N–H and O–H groups in total. The molecule has 112 valence electrons. The van der Waals surface area contributed by atoms with Crippen molar-refractivity contribution in [2.24, 2.45) is 5.73 Å². The predicted molar refractivity (Wildman–Crippen MR) is 86.6 cm³/mol. The highest BCUT2D eigenvalue weighted by Crippen LogP contribution is 2.22.